The molecule has 0 saturated carbocycles. The van der Waals surface area contributed by atoms with Gasteiger partial charge in [0.25, 0.3) is 0 Å². The average molecular weight is 539 g/mol. The zero-order chi connectivity index (χ0) is 26.4. The maximum Gasteiger partial charge on any atom is 0.0431 e. The van der Waals surface area contributed by atoms with Crippen LogP contribution in [0.25, 0.3) is 0 Å². The molecule has 0 spiro atoms. The van der Waals surface area contributed by atoms with E-state index in [4.69, 9.17) is 20.4 Å². The van der Waals surface area contributed by atoms with Gasteiger partial charge in [0, 0.05) is 48.1 Å². The molecule has 0 aliphatic carbocycles. The first kappa shape index (κ1) is 45.2. The topological polar surface area (TPSA) is 80.9 Å². The number of hydrogen-bond donors (Lipinski definition) is 4. The van der Waals surface area contributed by atoms with Crippen LogP contribution in [0.1, 0.15) is 156 Å². The van der Waals surface area contributed by atoms with Crippen molar-refractivity contribution in [2.75, 3.05) is 26.4 Å². The fourth-order valence-corrected chi connectivity index (χ4v) is 2.83. The van der Waals surface area contributed by atoms with Crippen LogP contribution in [-0.4, -0.2) is 46.9 Å². The van der Waals surface area contributed by atoms with Crippen LogP contribution in [0, 0.1) is 0 Å². The molecule has 0 radical (unpaired) electrons. The first-order valence-electron chi connectivity index (χ1n) is 14.7. The zero-order valence-corrected chi connectivity index (χ0v) is 26.0. The van der Waals surface area contributed by atoms with Crippen LogP contribution in [0.15, 0.2) is 12.2 Å². The molecule has 5 heteroatoms. The number of rotatable bonds is 21. The third-order valence-corrected chi connectivity index (χ3v) is 5.20. The van der Waals surface area contributed by atoms with E-state index in [1.54, 1.807) is 0 Å². The summed E-state index contributed by atoms with van der Waals surface area (Å²) in [5.41, 5.74) is 0. The molecule has 0 amide bonds. The van der Waals surface area contributed by atoms with Crippen molar-refractivity contribution in [1.29, 1.82) is 0 Å². The largest absolute Gasteiger partial charge is 0.396 e. The predicted molar refractivity (Wildman–Crippen MR) is 153 cm³/mol. The second-order valence-electron chi connectivity index (χ2n) is 8.89. The van der Waals surface area contributed by atoms with E-state index in [2.05, 4.69) is 39.8 Å². The zero-order valence-electron chi connectivity index (χ0n) is 24.4. The molecule has 0 aromatic heterocycles. The molecule has 4 N–H and O–H groups in total. The van der Waals surface area contributed by atoms with Crippen molar-refractivity contribution in [3.8, 4) is 0 Å². The normalized spacial score (nSPS) is 9.83. The summed E-state index contributed by atoms with van der Waals surface area (Å²) < 4.78 is 0. The second kappa shape index (κ2) is 55.0. The summed E-state index contributed by atoms with van der Waals surface area (Å²) in [5.74, 6) is 0. The summed E-state index contributed by atoms with van der Waals surface area (Å²) in [6.45, 7) is 9.82. The van der Waals surface area contributed by atoms with Gasteiger partial charge in [0.05, 0.1) is 0 Å². The van der Waals surface area contributed by atoms with Crippen LogP contribution in [-0.2, 0) is 21.7 Å². The quantitative estimate of drug-likeness (QED) is 0.0672. The van der Waals surface area contributed by atoms with Crippen LogP contribution in [0.5, 0.6) is 0 Å². The Balaban J connectivity index is -0.000000152. The van der Waals surface area contributed by atoms with Crippen molar-refractivity contribution in [3.05, 3.63) is 12.2 Å². The first-order chi connectivity index (χ1) is 16.7. The van der Waals surface area contributed by atoms with Crippen molar-refractivity contribution in [3.63, 3.8) is 0 Å². The van der Waals surface area contributed by atoms with Gasteiger partial charge in [0.1, 0.15) is 0 Å². The number of hydrogen-bond acceptors (Lipinski definition) is 4. The van der Waals surface area contributed by atoms with Gasteiger partial charge in [-0.05, 0) is 51.4 Å². The fourth-order valence-electron chi connectivity index (χ4n) is 2.83. The molecule has 0 fully saturated rings. The second-order valence-corrected chi connectivity index (χ2v) is 8.89. The Hall–Kier alpha value is 0.294. The summed E-state index contributed by atoms with van der Waals surface area (Å²) >= 11 is 0. The van der Waals surface area contributed by atoms with E-state index >= 15 is 0 Å². The fraction of sp³-hybridized carbons (Fsp3) is 0.933. The summed E-state index contributed by atoms with van der Waals surface area (Å²) in [6.07, 6.45) is 29.3. The SMILES string of the molecule is CCCCCCCC/C=C\CCCCCCCCO.CCCCO.CCCCO.CCCCO.[Ti]. The third-order valence-electron chi connectivity index (χ3n) is 5.20. The van der Waals surface area contributed by atoms with E-state index in [-0.39, 0.29) is 21.7 Å². The number of aliphatic hydroxyl groups is 4. The monoisotopic (exact) mass is 538 g/mol. The van der Waals surface area contributed by atoms with Gasteiger partial charge >= 0.3 is 0 Å². The molecule has 0 aliphatic heterocycles. The van der Waals surface area contributed by atoms with Gasteiger partial charge in [0.15, 0.2) is 0 Å². The molecule has 0 aromatic carbocycles. The van der Waals surface area contributed by atoms with Crippen LogP contribution in [0.3, 0.4) is 0 Å². The molecule has 4 nitrogen and oxygen atoms in total. The molecule has 0 aliphatic rings. The minimum absolute atomic E-state index is 0. The van der Waals surface area contributed by atoms with Crippen molar-refractivity contribution in [2.24, 2.45) is 0 Å². The Morgan fingerprint density at radius 3 is 0.857 bits per heavy atom. The van der Waals surface area contributed by atoms with Gasteiger partial charge < -0.3 is 20.4 Å². The first-order valence-corrected chi connectivity index (χ1v) is 14.7. The molecular weight excluding hydrogens is 472 g/mol. The van der Waals surface area contributed by atoms with E-state index in [9.17, 15) is 0 Å². The van der Waals surface area contributed by atoms with E-state index in [0.29, 0.717) is 26.4 Å². The molecule has 0 heterocycles. The molecule has 35 heavy (non-hydrogen) atoms. The molecule has 214 valence electrons. The number of unbranched alkanes of at least 4 members (excludes halogenated alkanes) is 15. The smallest absolute Gasteiger partial charge is 0.0431 e. The molecule has 0 rings (SSSR count). The minimum atomic E-state index is 0. The van der Waals surface area contributed by atoms with Crippen LogP contribution in [0.2, 0.25) is 0 Å². The van der Waals surface area contributed by atoms with Gasteiger partial charge in [-0.15, -0.1) is 0 Å². The van der Waals surface area contributed by atoms with E-state index < -0.39 is 0 Å². The van der Waals surface area contributed by atoms with Crippen LogP contribution >= 0.6 is 0 Å². The standard InChI is InChI=1S/C18H36O.3C4H10O.Ti/c1-2-3-4-5-6-7-8-9-10-11-12-13-14-15-16-17-18-19;3*1-2-3-4-5;/h9-10,19H,2-8,11-18H2,1H3;3*5H,2-4H2,1H3;/b10-9-;;;;. The molecule has 0 aromatic rings. The van der Waals surface area contributed by atoms with Gasteiger partial charge in [-0.3, -0.25) is 0 Å². The number of aliphatic hydroxyl groups excluding tert-OH is 4. The maximum absolute atomic E-state index is 8.66. The van der Waals surface area contributed by atoms with Gasteiger partial charge in [-0.1, -0.05) is 117 Å². The van der Waals surface area contributed by atoms with Crippen molar-refractivity contribution in [1.82, 2.24) is 0 Å². The van der Waals surface area contributed by atoms with Crippen molar-refractivity contribution >= 4 is 0 Å². The third kappa shape index (κ3) is 72.0. The Morgan fingerprint density at radius 1 is 0.343 bits per heavy atom. The maximum atomic E-state index is 8.66. The summed E-state index contributed by atoms with van der Waals surface area (Å²) in [6, 6.07) is 0. The van der Waals surface area contributed by atoms with Gasteiger partial charge in [-0.2, -0.15) is 0 Å². The van der Waals surface area contributed by atoms with Gasteiger partial charge in [-0.25, -0.2) is 0 Å². The average Bonchev–Trinajstić information content (AvgIpc) is 2.84. The molecule has 0 bridgehead atoms. The van der Waals surface area contributed by atoms with Crippen molar-refractivity contribution < 1.29 is 42.1 Å². The molecule has 0 atom stereocenters. The minimum Gasteiger partial charge on any atom is -0.396 e. The summed E-state index contributed by atoms with van der Waals surface area (Å²) in [5, 5.41) is 32.9. The Kier molecular flexibility index (Phi) is 71.1. The molecule has 0 unspecified atom stereocenters. The van der Waals surface area contributed by atoms with E-state index in [1.165, 1.54) is 83.5 Å². The molecular formula is C30H66O4Ti. The number of allylic oxidation sites excluding steroid dienone is 2. The Morgan fingerprint density at radius 2 is 0.600 bits per heavy atom. The van der Waals surface area contributed by atoms with Crippen LogP contribution < -0.4 is 0 Å². The summed E-state index contributed by atoms with van der Waals surface area (Å²) in [7, 11) is 0. The Labute approximate surface area is 236 Å². The van der Waals surface area contributed by atoms with E-state index in [0.717, 1.165) is 44.9 Å². The Bertz CT molecular complexity index is 282. The van der Waals surface area contributed by atoms with Crippen LogP contribution in [0.4, 0.5) is 0 Å². The van der Waals surface area contributed by atoms with Crippen molar-refractivity contribution in [2.45, 2.75) is 156 Å². The predicted octanol–water partition coefficient (Wildman–Crippen LogP) is 8.35. The van der Waals surface area contributed by atoms with Gasteiger partial charge in [0.2, 0.25) is 0 Å². The molecule has 0 saturated heterocycles. The van der Waals surface area contributed by atoms with E-state index in [1.807, 2.05) is 0 Å². The summed E-state index contributed by atoms with van der Waals surface area (Å²) in [4.78, 5) is 0.